The molecule has 0 aliphatic rings. The third kappa shape index (κ3) is 3.62. The van der Waals surface area contributed by atoms with Crippen LogP contribution >= 0.6 is 0 Å². The van der Waals surface area contributed by atoms with Gasteiger partial charge < -0.3 is 4.98 Å². The van der Waals surface area contributed by atoms with Crippen LogP contribution in [-0.4, -0.2) is 9.97 Å². The molecule has 0 bridgehead atoms. The van der Waals surface area contributed by atoms with Gasteiger partial charge in [-0.3, -0.25) is 0 Å². The fourth-order valence-electron chi connectivity index (χ4n) is 2.84. The van der Waals surface area contributed by atoms with Gasteiger partial charge in [0.1, 0.15) is 12.9 Å². The van der Waals surface area contributed by atoms with Crippen molar-refractivity contribution in [2.75, 3.05) is 0 Å². The minimum atomic E-state index is 0.867. The molecule has 0 saturated heterocycles. The van der Waals surface area contributed by atoms with Crippen LogP contribution < -0.4 is 4.57 Å². The highest BCUT2D eigenvalue weighted by atomic mass is 14.9. The summed E-state index contributed by atoms with van der Waals surface area (Å²) < 4.78 is 2.10. The van der Waals surface area contributed by atoms with E-state index in [0.29, 0.717) is 0 Å². The van der Waals surface area contributed by atoms with E-state index >= 15 is 0 Å². The number of pyridine rings is 1. The van der Waals surface area contributed by atoms with Gasteiger partial charge in [-0.05, 0) is 41.5 Å². The fourth-order valence-corrected chi connectivity index (χ4v) is 2.84. The van der Waals surface area contributed by atoms with Gasteiger partial charge in [0, 0.05) is 18.2 Å². The van der Waals surface area contributed by atoms with Crippen molar-refractivity contribution in [2.45, 2.75) is 0 Å². The smallest absolute Gasteiger partial charge is 0.204 e. The number of benzene rings is 2. The largest absolute Gasteiger partial charge is 0.338 e. The molecule has 26 heavy (non-hydrogen) atoms. The maximum atomic E-state index is 4.56. The van der Waals surface area contributed by atoms with E-state index in [4.69, 9.17) is 0 Å². The lowest BCUT2D eigenvalue weighted by Crippen LogP contribution is -2.30. The minimum absolute atomic E-state index is 0.867. The highest BCUT2D eigenvalue weighted by molar-refractivity contribution is 5.78. The molecule has 0 spiro atoms. The van der Waals surface area contributed by atoms with Gasteiger partial charge >= 0.3 is 0 Å². The molecule has 0 amide bonds. The summed E-state index contributed by atoms with van der Waals surface area (Å²) in [5.41, 5.74) is 5.53. The first-order chi connectivity index (χ1) is 12.8. The van der Waals surface area contributed by atoms with Crippen LogP contribution in [0.15, 0.2) is 72.9 Å². The van der Waals surface area contributed by atoms with Crippen LogP contribution in [0.1, 0.15) is 22.6 Å². The van der Waals surface area contributed by atoms with E-state index in [-0.39, 0.29) is 0 Å². The molecule has 0 saturated carbocycles. The number of para-hydroxylation sites is 2. The lowest BCUT2D eigenvalue weighted by atomic mass is 10.1. The van der Waals surface area contributed by atoms with Gasteiger partial charge in [-0.1, -0.05) is 42.5 Å². The molecule has 3 nitrogen and oxygen atoms in total. The zero-order valence-corrected chi connectivity index (χ0v) is 14.6. The molecule has 4 aromatic rings. The Morgan fingerprint density at radius 1 is 0.769 bits per heavy atom. The quantitative estimate of drug-likeness (QED) is 0.536. The zero-order valence-electron chi connectivity index (χ0n) is 14.6. The maximum Gasteiger partial charge on any atom is 0.204 e. The van der Waals surface area contributed by atoms with Crippen molar-refractivity contribution in [3.63, 3.8) is 0 Å². The number of hydrogen-bond acceptors (Lipinski definition) is 1. The van der Waals surface area contributed by atoms with Crippen molar-refractivity contribution in [3.05, 3.63) is 95.6 Å². The summed E-state index contributed by atoms with van der Waals surface area (Å²) in [6, 6.07) is 22.7. The second-order valence-electron chi connectivity index (χ2n) is 6.21. The first kappa shape index (κ1) is 16.0. The number of nitrogens with zero attached hydrogens (tertiary/aromatic N) is 2. The van der Waals surface area contributed by atoms with Gasteiger partial charge in [0.25, 0.3) is 0 Å². The topological polar surface area (TPSA) is 32.6 Å². The molecule has 4 rings (SSSR count). The summed E-state index contributed by atoms with van der Waals surface area (Å²) in [4.78, 5) is 7.87. The summed E-state index contributed by atoms with van der Waals surface area (Å²) in [5, 5.41) is 0. The molecule has 2 aromatic carbocycles. The lowest BCUT2D eigenvalue weighted by Gasteiger charge is -1.96. The van der Waals surface area contributed by atoms with Gasteiger partial charge in [0.15, 0.2) is 6.20 Å². The van der Waals surface area contributed by atoms with E-state index in [0.717, 1.165) is 22.4 Å². The molecule has 0 aliphatic carbocycles. The van der Waals surface area contributed by atoms with Crippen LogP contribution in [0.2, 0.25) is 0 Å². The molecule has 0 atom stereocenters. The summed E-state index contributed by atoms with van der Waals surface area (Å²) in [7, 11) is 2.05. The fraction of sp³-hybridized carbons (Fsp3) is 0.0435. The van der Waals surface area contributed by atoms with Crippen molar-refractivity contribution in [1.82, 2.24) is 9.97 Å². The first-order valence-electron chi connectivity index (χ1n) is 8.63. The molecular formula is C23H20N3+. The molecule has 0 aliphatic heterocycles. The lowest BCUT2D eigenvalue weighted by molar-refractivity contribution is -0.673. The third-order valence-electron chi connectivity index (χ3n) is 4.32. The molecule has 2 aromatic heterocycles. The van der Waals surface area contributed by atoms with E-state index < -0.39 is 0 Å². The Bertz CT molecular complexity index is 1050. The predicted octanol–water partition coefficient (Wildman–Crippen LogP) is 4.73. The molecule has 0 radical (unpaired) electrons. The second-order valence-corrected chi connectivity index (χ2v) is 6.21. The molecule has 0 unspecified atom stereocenters. The van der Waals surface area contributed by atoms with Crippen molar-refractivity contribution in [3.8, 4) is 0 Å². The summed E-state index contributed by atoms with van der Waals surface area (Å²) in [5.74, 6) is 0.867. The average Bonchev–Trinajstić information content (AvgIpc) is 3.10. The minimum Gasteiger partial charge on any atom is -0.338 e. The number of fused-ring (bicyclic) bond motifs is 1. The van der Waals surface area contributed by atoms with Crippen LogP contribution in [-0.2, 0) is 7.05 Å². The van der Waals surface area contributed by atoms with Gasteiger partial charge in [-0.15, -0.1) is 0 Å². The van der Waals surface area contributed by atoms with Crippen LogP contribution in [0.4, 0.5) is 0 Å². The van der Waals surface area contributed by atoms with Crippen molar-refractivity contribution in [2.24, 2.45) is 7.05 Å². The summed E-state index contributed by atoms with van der Waals surface area (Å²) in [6.07, 6.45) is 10.4. The molecule has 3 heteroatoms. The maximum absolute atomic E-state index is 4.56. The van der Waals surface area contributed by atoms with E-state index in [2.05, 4.69) is 63.1 Å². The van der Waals surface area contributed by atoms with E-state index in [1.807, 2.05) is 55.7 Å². The second kappa shape index (κ2) is 7.19. The van der Waals surface area contributed by atoms with Gasteiger partial charge in [0.05, 0.1) is 11.0 Å². The van der Waals surface area contributed by atoms with E-state index in [1.165, 1.54) is 11.3 Å². The molecule has 2 heterocycles. The molecule has 1 N–H and O–H groups in total. The average molecular weight is 338 g/mol. The first-order valence-corrected chi connectivity index (χ1v) is 8.63. The number of nitrogens with one attached hydrogen (secondary N) is 1. The van der Waals surface area contributed by atoms with E-state index in [1.54, 1.807) is 0 Å². The molecule has 126 valence electrons. The normalized spacial score (nSPS) is 11.7. The van der Waals surface area contributed by atoms with Gasteiger partial charge in [-0.25, -0.2) is 9.55 Å². The Labute approximate surface area is 153 Å². The number of rotatable bonds is 4. The van der Waals surface area contributed by atoms with E-state index in [9.17, 15) is 0 Å². The van der Waals surface area contributed by atoms with Crippen LogP contribution in [0.5, 0.6) is 0 Å². The highest BCUT2D eigenvalue weighted by Gasteiger charge is 1.99. The number of aromatic nitrogens is 3. The summed E-state index contributed by atoms with van der Waals surface area (Å²) >= 11 is 0. The number of H-pyrrole nitrogens is 1. The Balaban J connectivity index is 1.48. The Kier molecular flexibility index (Phi) is 4.44. The third-order valence-corrected chi connectivity index (χ3v) is 4.32. The molecule has 0 fully saturated rings. The highest BCUT2D eigenvalue weighted by Crippen LogP contribution is 2.14. The Morgan fingerprint density at radius 2 is 1.46 bits per heavy atom. The number of aryl methyl sites for hydroxylation is 1. The van der Waals surface area contributed by atoms with Crippen LogP contribution in [0.3, 0.4) is 0 Å². The van der Waals surface area contributed by atoms with Gasteiger partial charge in [-0.2, -0.15) is 0 Å². The SMILES string of the molecule is C[n+]1ccccc1C=Cc1ccc(C=Cc2nc3ccccc3[nH]2)cc1. The number of hydrogen-bond donors (Lipinski definition) is 1. The molecular weight excluding hydrogens is 318 g/mol. The Hall–Kier alpha value is -3.46. The summed E-state index contributed by atoms with van der Waals surface area (Å²) in [6.45, 7) is 0. The zero-order chi connectivity index (χ0) is 17.8. The standard InChI is InChI=1S/C23H19N3/c1-26-17-5-4-6-20(26)15-13-18-9-11-19(12-10-18)14-16-23-24-21-7-2-3-8-22(21)25-23/h2-17H,1H3/p+1. The van der Waals surface area contributed by atoms with Gasteiger partial charge in [0.2, 0.25) is 5.69 Å². The van der Waals surface area contributed by atoms with Crippen molar-refractivity contribution in [1.29, 1.82) is 0 Å². The van der Waals surface area contributed by atoms with Crippen molar-refractivity contribution < 1.29 is 4.57 Å². The van der Waals surface area contributed by atoms with Crippen LogP contribution in [0.25, 0.3) is 35.3 Å². The monoisotopic (exact) mass is 338 g/mol. The van der Waals surface area contributed by atoms with Crippen LogP contribution in [0, 0.1) is 0 Å². The Morgan fingerprint density at radius 3 is 2.19 bits per heavy atom. The van der Waals surface area contributed by atoms with Crippen molar-refractivity contribution >= 4 is 35.3 Å². The number of imidazole rings is 1. The predicted molar refractivity (Wildman–Crippen MR) is 108 cm³/mol. The number of aromatic amines is 1.